The van der Waals surface area contributed by atoms with E-state index in [0.717, 1.165) is 17.7 Å². The van der Waals surface area contributed by atoms with Gasteiger partial charge < -0.3 is 15.4 Å². The molecule has 0 radical (unpaired) electrons. The van der Waals surface area contributed by atoms with Crippen LogP contribution in [0.3, 0.4) is 0 Å². The predicted molar refractivity (Wildman–Crippen MR) is 75.4 cm³/mol. The Kier molecular flexibility index (Phi) is 4.17. The van der Waals surface area contributed by atoms with E-state index in [9.17, 15) is 9.18 Å². The topological polar surface area (TPSA) is 69.6 Å². The summed E-state index contributed by atoms with van der Waals surface area (Å²) in [6, 6.07) is 10.4. The second-order valence-corrected chi connectivity index (χ2v) is 4.43. The van der Waals surface area contributed by atoms with Gasteiger partial charge in [-0.2, -0.15) is 0 Å². The van der Waals surface area contributed by atoms with Gasteiger partial charge in [-0.3, -0.25) is 4.79 Å². The Bertz CT molecular complexity index is 629. The Balaban J connectivity index is 2.24. The molecule has 1 amide bonds. The molecule has 0 bridgehead atoms. The molecule has 0 aliphatic rings. The lowest BCUT2D eigenvalue weighted by molar-refractivity contribution is 0.102. The van der Waals surface area contributed by atoms with Crippen molar-refractivity contribution in [3.05, 3.63) is 59.4 Å². The summed E-state index contributed by atoms with van der Waals surface area (Å²) >= 11 is 0. The van der Waals surface area contributed by atoms with E-state index in [1.54, 1.807) is 12.1 Å². The molecule has 0 heterocycles. The van der Waals surface area contributed by atoms with Crippen LogP contribution in [0.4, 0.5) is 10.1 Å². The van der Waals surface area contributed by atoms with E-state index >= 15 is 0 Å². The van der Waals surface area contributed by atoms with Crippen LogP contribution in [-0.2, 0) is 0 Å². The highest BCUT2D eigenvalue weighted by Crippen LogP contribution is 2.12. The summed E-state index contributed by atoms with van der Waals surface area (Å²) in [5.41, 5.74) is 1.39. The molecule has 0 saturated heterocycles. The van der Waals surface area contributed by atoms with Gasteiger partial charge in [0.25, 0.3) is 5.91 Å². The summed E-state index contributed by atoms with van der Waals surface area (Å²) in [5.74, 6) is -1.37. The molecule has 20 heavy (non-hydrogen) atoms. The van der Waals surface area contributed by atoms with Gasteiger partial charge in [0.2, 0.25) is 0 Å². The standard InChI is InChI=1S/C14H13BFNO3/c1-9-2-5-11(6-3-9)17-14(18)12-8-10(15(19)20)4-7-13(12)16/h2-8,19-20H,1H3,(H,17,18). The molecule has 0 aliphatic heterocycles. The molecule has 2 aromatic carbocycles. The van der Waals surface area contributed by atoms with Crippen LogP contribution >= 0.6 is 0 Å². The number of hydrogen-bond acceptors (Lipinski definition) is 3. The van der Waals surface area contributed by atoms with Crippen molar-refractivity contribution in [1.29, 1.82) is 0 Å². The van der Waals surface area contributed by atoms with Gasteiger partial charge in [-0.1, -0.05) is 23.8 Å². The lowest BCUT2D eigenvalue weighted by Gasteiger charge is -2.08. The molecule has 2 aromatic rings. The van der Waals surface area contributed by atoms with E-state index in [-0.39, 0.29) is 11.0 Å². The molecule has 0 spiro atoms. The first-order chi connectivity index (χ1) is 9.47. The zero-order valence-electron chi connectivity index (χ0n) is 10.8. The SMILES string of the molecule is Cc1ccc(NC(=O)c2cc(B(O)O)ccc2F)cc1. The maximum absolute atomic E-state index is 13.6. The lowest BCUT2D eigenvalue weighted by atomic mass is 9.79. The highest BCUT2D eigenvalue weighted by molar-refractivity contribution is 6.58. The number of nitrogens with one attached hydrogen (secondary N) is 1. The molecule has 0 fully saturated rings. The van der Waals surface area contributed by atoms with Gasteiger partial charge in [0.05, 0.1) is 5.56 Å². The minimum absolute atomic E-state index is 0.0560. The van der Waals surface area contributed by atoms with E-state index in [4.69, 9.17) is 10.0 Å². The number of amides is 1. The Hall–Kier alpha value is -2.18. The number of carbonyl (C=O) groups is 1. The quantitative estimate of drug-likeness (QED) is 0.732. The number of aryl methyl sites for hydroxylation is 1. The molecule has 0 aliphatic carbocycles. The highest BCUT2D eigenvalue weighted by atomic mass is 19.1. The molecule has 6 heteroatoms. The first kappa shape index (κ1) is 14.2. The fourth-order valence-electron chi connectivity index (χ4n) is 1.71. The van der Waals surface area contributed by atoms with Crippen LogP contribution in [0.5, 0.6) is 0 Å². The van der Waals surface area contributed by atoms with E-state index in [1.807, 2.05) is 19.1 Å². The summed E-state index contributed by atoms with van der Waals surface area (Å²) in [6.45, 7) is 1.91. The van der Waals surface area contributed by atoms with Crippen LogP contribution in [0, 0.1) is 12.7 Å². The van der Waals surface area contributed by atoms with Crippen molar-refractivity contribution in [1.82, 2.24) is 0 Å². The third kappa shape index (κ3) is 3.23. The Morgan fingerprint density at radius 3 is 2.40 bits per heavy atom. The number of carbonyl (C=O) groups excluding carboxylic acids is 1. The molecular weight excluding hydrogens is 260 g/mol. The number of halogens is 1. The third-order valence-electron chi connectivity index (χ3n) is 2.84. The highest BCUT2D eigenvalue weighted by Gasteiger charge is 2.17. The van der Waals surface area contributed by atoms with Crippen LogP contribution in [0.15, 0.2) is 42.5 Å². The second-order valence-electron chi connectivity index (χ2n) is 4.43. The summed E-state index contributed by atoms with van der Waals surface area (Å²) in [5, 5.41) is 20.6. The Morgan fingerprint density at radius 2 is 1.80 bits per heavy atom. The monoisotopic (exact) mass is 273 g/mol. The summed E-state index contributed by atoms with van der Waals surface area (Å²) < 4.78 is 13.6. The smallest absolute Gasteiger partial charge is 0.423 e. The molecule has 0 aromatic heterocycles. The predicted octanol–water partition coefficient (Wildman–Crippen LogP) is 1.07. The van der Waals surface area contributed by atoms with Gasteiger partial charge in [0.15, 0.2) is 0 Å². The van der Waals surface area contributed by atoms with Gasteiger partial charge in [-0.15, -0.1) is 0 Å². The molecule has 2 rings (SSSR count). The van der Waals surface area contributed by atoms with Crippen molar-refractivity contribution in [2.24, 2.45) is 0 Å². The first-order valence-electron chi connectivity index (χ1n) is 6.01. The summed E-state index contributed by atoms with van der Waals surface area (Å²) in [7, 11) is -1.75. The maximum Gasteiger partial charge on any atom is 0.488 e. The van der Waals surface area contributed by atoms with Crippen molar-refractivity contribution < 1.29 is 19.2 Å². The van der Waals surface area contributed by atoms with Gasteiger partial charge >= 0.3 is 7.12 Å². The average Bonchev–Trinajstić information content (AvgIpc) is 2.41. The Morgan fingerprint density at radius 1 is 1.15 bits per heavy atom. The van der Waals surface area contributed by atoms with E-state index in [2.05, 4.69) is 5.32 Å². The number of hydrogen-bond donors (Lipinski definition) is 3. The van der Waals surface area contributed by atoms with E-state index in [1.165, 1.54) is 6.07 Å². The van der Waals surface area contributed by atoms with Crippen molar-refractivity contribution in [2.75, 3.05) is 5.32 Å². The number of rotatable bonds is 3. The molecule has 0 saturated carbocycles. The molecule has 3 N–H and O–H groups in total. The summed E-state index contributed by atoms with van der Waals surface area (Å²) in [4.78, 5) is 12.0. The second kappa shape index (κ2) is 5.86. The van der Waals surface area contributed by atoms with Crippen molar-refractivity contribution in [3.63, 3.8) is 0 Å². The van der Waals surface area contributed by atoms with Crippen molar-refractivity contribution in [3.8, 4) is 0 Å². The molecular formula is C14H13BFNO3. The van der Waals surface area contributed by atoms with Crippen molar-refractivity contribution >= 4 is 24.2 Å². The van der Waals surface area contributed by atoms with E-state index in [0.29, 0.717) is 5.69 Å². The molecule has 0 unspecified atom stereocenters. The van der Waals surface area contributed by atoms with Crippen LogP contribution in [-0.4, -0.2) is 23.1 Å². The molecule has 4 nitrogen and oxygen atoms in total. The van der Waals surface area contributed by atoms with Gasteiger partial charge in [0.1, 0.15) is 5.82 Å². The maximum atomic E-state index is 13.6. The van der Waals surface area contributed by atoms with Crippen LogP contribution in [0.2, 0.25) is 0 Å². The van der Waals surface area contributed by atoms with Crippen molar-refractivity contribution in [2.45, 2.75) is 6.92 Å². The van der Waals surface area contributed by atoms with Gasteiger partial charge in [-0.25, -0.2) is 4.39 Å². The zero-order valence-corrected chi connectivity index (χ0v) is 10.8. The fraction of sp³-hybridized carbons (Fsp3) is 0.0714. The average molecular weight is 273 g/mol. The number of anilines is 1. The summed E-state index contributed by atoms with van der Waals surface area (Å²) in [6.07, 6.45) is 0. The fourth-order valence-corrected chi connectivity index (χ4v) is 1.71. The normalized spacial score (nSPS) is 10.2. The third-order valence-corrected chi connectivity index (χ3v) is 2.84. The van der Waals surface area contributed by atoms with Crippen LogP contribution < -0.4 is 10.8 Å². The molecule has 0 atom stereocenters. The Labute approximate surface area is 116 Å². The number of benzene rings is 2. The van der Waals surface area contributed by atoms with Gasteiger partial charge in [-0.05, 0) is 36.7 Å². The minimum atomic E-state index is -1.75. The largest absolute Gasteiger partial charge is 0.488 e. The minimum Gasteiger partial charge on any atom is -0.423 e. The first-order valence-corrected chi connectivity index (χ1v) is 6.01. The van der Waals surface area contributed by atoms with Gasteiger partial charge in [0, 0.05) is 5.69 Å². The lowest BCUT2D eigenvalue weighted by Crippen LogP contribution is -2.31. The van der Waals surface area contributed by atoms with Crippen LogP contribution in [0.1, 0.15) is 15.9 Å². The van der Waals surface area contributed by atoms with E-state index < -0.39 is 18.8 Å². The zero-order chi connectivity index (χ0) is 14.7. The molecule has 102 valence electrons. The van der Waals surface area contributed by atoms with Crippen LogP contribution in [0.25, 0.3) is 0 Å².